The van der Waals surface area contributed by atoms with Gasteiger partial charge in [-0.05, 0) is 38.2 Å². The van der Waals surface area contributed by atoms with Crippen molar-refractivity contribution < 1.29 is 9.53 Å². The lowest BCUT2D eigenvalue weighted by Crippen LogP contribution is -2.45. The second-order valence-electron chi connectivity index (χ2n) is 5.08. The number of hydrogen-bond donors (Lipinski definition) is 2. The van der Waals surface area contributed by atoms with Gasteiger partial charge in [0.25, 0.3) is 5.91 Å². The third-order valence-electron chi connectivity index (χ3n) is 3.85. The number of amides is 1. The number of nitrogen functional groups attached to an aromatic ring is 1. The van der Waals surface area contributed by atoms with E-state index in [4.69, 9.17) is 10.5 Å². The number of hydrogen-bond acceptors (Lipinski definition) is 4. The molecule has 20 heavy (non-hydrogen) atoms. The van der Waals surface area contributed by atoms with E-state index in [9.17, 15) is 4.79 Å². The Kier molecular flexibility index (Phi) is 4.81. The summed E-state index contributed by atoms with van der Waals surface area (Å²) >= 11 is 1.84. The zero-order valence-corrected chi connectivity index (χ0v) is 12.9. The van der Waals surface area contributed by atoms with Gasteiger partial charge in [0.2, 0.25) is 0 Å². The van der Waals surface area contributed by atoms with Crippen molar-refractivity contribution in [1.82, 2.24) is 5.32 Å². The first-order chi connectivity index (χ1) is 9.62. The van der Waals surface area contributed by atoms with E-state index in [1.165, 1.54) is 19.3 Å². The minimum absolute atomic E-state index is 0.110. The van der Waals surface area contributed by atoms with Crippen molar-refractivity contribution in [3.63, 3.8) is 0 Å². The van der Waals surface area contributed by atoms with Gasteiger partial charge < -0.3 is 15.8 Å². The average molecular weight is 294 g/mol. The number of thioether (sulfide) groups is 1. The summed E-state index contributed by atoms with van der Waals surface area (Å²) < 4.78 is 5.72. The Labute approximate surface area is 124 Å². The summed E-state index contributed by atoms with van der Waals surface area (Å²) in [6.45, 7) is 3.07. The van der Waals surface area contributed by atoms with Crippen LogP contribution in [0.25, 0.3) is 0 Å². The van der Waals surface area contributed by atoms with Crippen LogP contribution < -0.4 is 15.8 Å². The van der Waals surface area contributed by atoms with Crippen LogP contribution in [0, 0.1) is 0 Å². The summed E-state index contributed by atoms with van der Waals surface area (Å²) in [4.78, 5) is 12.3. The topological polar surface area (TPSA) is 64.3 Å². The van der Waals surface area contributed by atoms with Crippen LogP contribution in [0.3, 0.4) is 0 Å². The maximum Gasteiger partial charge on any atom is 0.255 e. The second-order valence-corrected chi connectivity index (χ2v) is 6.35. The predicted molar refractivity (Wildman–Crippen MR) is 84.5 cm³/mol. The molecule has 1 aromatic rings. The number of anilines is 1. The lowest BCUT2D eigenvalue weighted by Gasteiger charge is -2.40. The van der Waals surface area contributed by atoms with Gasteiger partial charge in [0, 0.05) is 11.3 Å². The van der Waals surface area contributed by atoms with Crippen LogP contribution in [0.1, 0.15) is 36.5 Å². The molecule has 4 nitrogen and oxygen atoms in total. The summed E-state index contributed by atoms with van der Waals surface area (Å²) in [5.41, 5.74) is 6.90. The Bertz CT molecular complexity index is 481. The smallest absolute Gasteiger partial charge is 0.255 e. The van der Waals surface area contributed by atoms with Crippen molar-refractivity contribution in [3.05, 3.63) is 23.8 Å². The molecule has 5 heteroatoms. The van der Waals surface area contributed by atoms with Crippen molar-refractivity contribution in [2.45, 2.75) is 30.9 Å². The van der Waals surface area contributed by atoms with Crippen LogP contribution in [0.5, 0.6) is 5.75 Å². The zero-order valence-electron chi connectivity index (χ0n) is 12.1. The summed E-state index contributed by atoms with van der Waals surface area (Å²) in [6.07, 6.45) is 5.70. The molecule has 0 spiro atoms. The fourth-order valence-corrected chi connectivity index (χ4v) is 3.31. The van der Waals surface area contributed by atoms with Gasteiger partial charge in [-0.25, -0.2) is 0 Å². The summed E-state index contributed by atoms with van der Waals surface area (Å²) in [5, 5.41) is 3.02. The van der Waals surface area contributed by atoms with Gasteiger partial charge in [0.1, 0.15) is 0 Å². The van der Waals surface area contributed by atoms with E-state index in [2.05, 4.69) is 11.6 Å². The molecule has 0 aliphatic heterocycles. The molecule has 0 radical (unpaired) electrons. The van der Waals surface area contributed by atoms with Crippen LogP contribution in [-0.2, 0) is 0 Å². The SMILES string of the molecule is CCOc1c(N)cccc1C(=O)NCC1(SC)CCC1. The Morgan fingerprint density at radius 1 is 1.50 bits per heavy atom. The predicted octanol–water partition coefficient (Wildman–Crippen LogP) is 2.68. The number of para-hydroxylation sites is 1. The number of nitrogens with two attached hydrogens (primary N) is 1. The number of rotatable bonds is 6. The van der Waals surface area contributed by atoms with Crippen LogP contribution in [0.2, 0.25) is 0 Å². The van der Waals surface area contributed by atoms with E-state index < -0.39 is 0 Å². The molecule has 2 rings (SSSR count). The number of benzene rings is 1. The molecule has 110 valence electrons. The molecule has 3 N–H and O–H groups in total. The first kappa shape index (κ1) is 15.0. The summed E-state index contributed by atoms with van der Waals surface area (Å²) in [5.74, 6) is 0.375. The molecule has 1 fully saturated rings. The Hall–Kier alpha value is -1.36. The quantitative estimate of drug-likeness (QED) is 0.792. The Morgan fingerprint density at radius 3 is 2.80 bits per heavy atom. The minimum atomic E-state index is -0.110. The van der Waals surface area contributed by atoms with Crippen LogP contribution in [0.15, 0.2) is 18.2 Å². The van der Waals surface area contributed by atoms with E-state index in [-0.39, 0.29) is 10.7 Å². The Balaban J connectivity index is 2.07. The van der Waals surface area contributed by atoms with Crippen LogP contribution >= 0.6 is 11.8 Å². The van der Waals surface area contributed by atoms with Gasteiger partial charge in [-0.3, -0.25) is 4.79 Å². The number of carbonyl (C=O) groups excluding carboxylic acids is 1. The van der Waals surface area contributed by atoms with Gasteiger partial charge in [0.15, 0.2) is 5.75 Å². The van der Waals surface area contributed by atoms with E-state index in [0.717, 1.165) is 0 Å². The molecular weight excluding hydrogens is 272 g/mol. The molecule has 0 bridgehead atoms. The molecule has 0 heterocycles. The summed E-state index contributed by atoms with van der Waals surface area (Å²) in [6, 6.07) is 5.28. The molecule has 0 aromatic heterocycles. The van der Waals surface area contributed by atoms with E-state index >= 15 is 0 Å². The highest BCUT2D eigenvalue weighted by Gasteiger charge is 2.36. The lowest BCUT2D eigenvalue weighted by molar-refractivity contribution is 0.0940. The second kappa shape index (κ2) is 6.39. The zero-order chi connectivity index (χ0) is 14.6. The van der Waals surface area contributed by atoms with Crippen LogP contribution in [0.4, 0.5) is 5.69 Å². The van der Waals surface area contributed by atoms with E-state index in [1.807, 2.05) is 18.7 Å². The molecule has 0 saturated heterocycles. The molecule has 1 amide bonds. The third-order valence-corrected chi connectivity index (χ3v) is 5.27. The highest BCUT2D eigenvalue weighted by atomic mass is 32.2. The molecule has 0 atom stereocenters. The number of carbonyl (C=O) groups is 1. The first-order valence-corrected chi connectivity index (χ1v) is 8.19. The number of ether oxygens (including phenoxy) is 1. The van der Waals surface area contributed by atoms with Gasteiger partial charge in [-0.1, -0.05) is 12.5 Å². The normalized spacial score (nSPS) is 16.3. The van der Waals surface area contributed by atoms with Crippen LogP contribution in [-0.4, -0.2) is 30.1 Å². The molecule has 1 aromatic carbocycles. The molecule has 1 aliphatic carbocycles. The van der Waals surface area contributed by atoms with Gasteiger partial charge in [-0.2, -0.15) is 11.8 Å². The fourth-order valence-electron chi connectivity index (χ4n) is 2.40. The first-order valence-electron chi connectivity index (χ1n) is 6.96. The number of nitrogens with one attached hydrogen (secondary N) is 1. The van der Waals surface area contributed by atoms with E-state index in [1.54, 1.807) is 18.2 Å². The maximum atomic E-state index is 12.3. The van der Waals surface area contributed by atoms with Crippen molar-refractivity contribution in [3.8, 4) is 5.75 Å². The van der Waals surface area contributed by atoms with E-state index in [0.29, 0.717) is 30.2 Å². The molecule has 1 saturated carbocycles. The largest absolute Gasteiger partial charge is 0.491 e. The van der Waals surface area contributed by atoms with Crippen molar-refractivity contribution in [2.24, 2.45) is 0 Å². The average Bonchev–Trinajstić information content (AvgIpc) is 2.40. The third kappa shape index (κ3) is 3.03. The Morgan fingerprint density at radius 2 is 2.25 bits per heavy atom. The minimum Gasteiger partial charge on any atom is -0.491 e. The van der Waals surface area contributed by atoms with Crippen molar-refractivity contribution in [1.29, 1.82) is 0 Å². The standard InChI is InChI=1S/C15H22N2O2S/c1-3-19-13-11(6-4-7-12(13)16)14(18)17-10-15(20-2)8-5-9-15/h4,6-7H,3,5,8-10,16H2,1-2H3,(H,17,18). The van der Waals surface area contributed by atoms with Gasteiger partial charge >= 0.3 is 0 Å². The van der Waals surface area contributed by atoms with Crippen molar-refractivity contribution in [2.75, 3.05) is 25.1 Å². The molecular formula is C15H22N2O2S. The fraction of sp³-hybridized carbons (Fsp3) is 0.533. The summed E-state index contributed by atoms with van der Waals surface area (Å²) in [7, 11) is 0. The van der Waals surface area contributed by atoms with Gasteiger partial charge in [-0.15, -0.1) is 0 Å². The monoisotopic (exact) mass is 294 g/mol. The van der Waals surface area contributed by atoms with Gasteiger partial charge in [0.05, 0.1) is 17.9 Å². The highest BCUT2D eigenvalue weighted by molar-refractivity contribution is 8.00. The lowest BCUT2D eigenvalue weighted by atomic mass is 9.84. The van der Waals surface area contributed by atoms with Crippen molar-refractivity contribution >= 4 is 23.4 Å². The molecule has 1 aliphatic rings. The maximum absolute atomic E-state index is 12.3. The highest BCUT2D eigenvalue weighted by Crippen LogP contribution is 2.42. The molecule has 0 unspecified atom stereocenters.